The van der Waals surface area contributed by atoms with Gasteiger partial charge in [-0.05, 0) is 44.7 Å². The summed E-state index contributed by atoms with van der Waals surface area (Å²) in [6.45, 7) is 5.78. The second-order valence-corrected chi connectivity index (χ2v) is 10.7. The Balaban J connectivity index is 1.22. The van der Waals surface area contributed by atoms with Gasteiger partial charge in [0.1, 0.15) is 21.0 Å². The second-order valence-electron chi connectivity index (χ2n) is 9.69. The Hall–Kier alpha value is -2.86. The second kappa shape index (κ2) is 10.3. The number of fused-ring (bicyclic) bond motifs is 2. The van der Waals surface area contributed by atoms with E-state index in [0.717, 1.165) is 42.0 Å². The van der Waals surface area contributed by atoms with Gasteiger partial charge in [-0.15, -0.1) is 11.3 Å². The number of aromatic nitrogens is 3. The molecule has 3 aromatic heterocycles. The summed E-state index contributed by atoms with van der Waals surface area (Å²) in [4.78, 5) is 30.1. The van der Waals surface area contributed by atoms with Crippen LogP contribution >= 0.6 is 11.3 Å². The average molecular weight is 512 g/mol. The summed E-state index contributed by atoms with van der Waals surface area (Å²) < 4.78 is 11.2. The van der Waals surface area contributed by atoms with E-state index < -0.39 is 0 Å². The predicted molar refractivity (Wildman–Crippen MR) is 140 cm³/mol. The molecule has 4 heterocycles. The van der Waals surface area contributed by atoms with Crippen LogP contribution in [0.3, 0.4) is 0 Å². The van der Waals surface area contributed by atoms with Gasteiger partial charge in [0, 0.05) is 38.1 Å². The van der Waals surface area contributed by atoms with Gasteiger partial charge in [-0.1, -0.05) is 6.07 Å². The number of hydrogen-bond donors (Lipinski definition) is 3. The third kappa shape index (κ3) is 5.01. The Bertz CT molecular complexity index is 1270. The van der Waals surface area contributed by atoms with Crippen LogP contribution < -0.4 is 21.7 Å². The van der Waals surface area contributed by atoms with E-state index in [0.29, 0.717) is 40.6 Å². The van der Waals surface area contributed by atoms with Gasteiger partial charge in [0.15, 0.2) is 0 Å². The molecule has 2 aliphatic rings. The number of ether oxygens (including phenoxy) is 2. The van der Waals surface area contributed by atoms with Gasteiger partial charge < -0.3 is 31.2 Å². The number of aryl methyl sites for hydroxylation is 2. The van der Waals surface area contributed by atoms with Crippen LogP contribution in [0.4, 0.5) is 11.5 Å². The molecule has 1 aliphatic carbocycles. The lowest BCUT2D eigenvalue weighted by molar-refractivity contribution is -0.0166. The van der Waals surface area contributed by atoms with E-state index in [1.165, 1.54) is 11.3 Å². The van der Waals surface area contributed by atoms with Crippen molar-refractivity contribution < 1.29 is 14.3 Å². The van der Waals surface area contributed by atoms with E-state index in [2.05, 4.69) is 26.3 Å². The fourth-order valence-electron chi connectivity index (χ4n) is 4.78. The zero-order chi connectivity index (χ0) is 25.4. The maximum atomic E-state index is 13.0. The van der Waals surface area contributed by atoms with Crippen molar-refractivity contribution in [3.63, 3.8) is 0 Å². The lowest BCUT2D eigenvalue weighted by atomic mass is 9.91. The predicted octanol–water partition coefficient (Wildman–Crippen LogP) is 1.83. The third-order valence-electron chi connectivity index (χ3n) is 6.93. The first-order valence-corrected chi connectivity index (χ1v) is 13.1. The highest BCUT2D eigenvalue weighted by Gasteiger charge is 2.33. The lowest BCUT2D eigenvalue weighted by Gasteiger charge is -2.26. The van der Waals surface area contributed by atoms with Gasteiger partial charge in [0.2, 0.25) is 0 Å². The number of hydrogen-bond acceptors (Lipinski definition) is 10. The van der Waals surface area contributed by atoms with Gasteiger partial charge in [-0.2, -0.15) is 0 Å². The van der Waals surface area contributed by atoms with Crippen LogP contribution in [-0.4, -0.2) is 72.0 Å². The van der Waals surface area contributed by atoms with Crippen LogP contribution in [-0.2, 0) is 22.3 Å². The number of carbonyl (C=O) groups excluding carboxylic acids is 1. The number of nitrogen functional groups attached to an aromatic ring is 1. The number of carbonyl (C=O) groups is 1. The summed E-state index contributed by atoms with van der Waals surface area (Å²) in [5, 5.41) is 3.16. The van der Waals surface area contributed by atoms with Crippen molar-refractivity contribution in [2.75, 3.05) is 37.4 Å². The molecule has 1 saturated heterocycles. The molecule has 0 saturated carbocycles. The highest BCUT2D eigenvalue weighted by Crippen LogP contribution is 2.31. The van der Waals surface area contributed by atoms with Crippen LogP contribution in [0.1, 0.15) is 40.0 Å². The van der Waals surface area contributed by atoms with E-state index in [9.17, 15) is 4.79 Å². The van der Waals surface area contributed by atoms with Crippen molar-refractivity contribution in [3.05, 3.63) is 40.2 Å². The van der Waals surface area contributed by atoms with E-state index in [1.807, 2.05) is 19.9 Å². The van der Waals surface area contributed by atoms with E-state index in [1.54, 1.807) is 13.3 Å². The molecule has 1 fully saturated rings. The Labute approximate surface area is 214 Å². The van der Waals surface area contributed by atoms with Crippen LogP contribution in [0.25, 0.3) is 10.3 Å². The molecule has 0 radical (unpaired) electrons. The van der Waals surface area contributed by atoms with Crippen molar-refractivity contribution >= 4 is 39.1 Å². The maximum absolute atomic E-state index is 13.0. The van der Waals surface area contributed by atoms with Crippen molar-refractivity contribution in [2.24, 2.45) is 5.73 Å². The molecule has 36 heavy (non-hydrogen) atoms. The Morgan fingerprint density at radius 1 is 1.33 bits per heavy atom. The first-order valence-electron chi connectivity index (χ1n) is 12.3. The highest BCUT2D eigenvalue weighted by molar-refractivity contribution is 7.21. The number of nitrogens with zero attached hydrogens (tertiary/aromatic N) is 4. The highest BCUT2D eigenvalue weighted by atomic mass is 32.1. The van der Waals surface area contributed by atoms with Gasteiger partial charge in [0.05, 0.1) is 36.2 Å². The summed E-state index contributed by atoms with van der Waals surface area (Å²) in [5.74, 6) is 0.749. The van der Waals surface area contributed by atoms with Crippen LogP contribution in [0.15, 0.2) is 18.3 Å². The van der Waals surface area contributed by atoms with E-state index in [4.69, 9.17) is 25.9 Å². The number of nitrogens with two attached hydrogens (primary N) is 2. The summed E-state index contributed by atoms with van der Waals surface area (Å²) in [7, 11) is 1.68. The van der Waals surface area contributed by atoms with Gasteiger partial charge >= 0.3 is 0 Å². The summed E-state index contributed by atoms with van der Waals surface area (Å²) in [6.07, 6.45) is 4.00. The smallest absolute Gasteiger partial charge is 0.263 e. The molecule has 11 heteroatoms. The van der Waals surface area contributed by atoms with Crippen molar-refractivity contribution in [3.8, 4) is 0 Å². The number of nitrogens with one attached hydrogen (secondary N) is 1. The summed E-state index contributed by atoms with van der Waals surface area (Å²) in [6, 6.07) is 4.11. The van der Waals surface area contributed by atoms with Crippen molar-refractivity contribution in [1.82, 2.24) is 20.3 Å². The molecule has 3 aromatic rings. The molecule has 1 aliphatic heterocycles. The molecule has 0 spiro atoms. The topological polar surface area (TPSA) is 142 Å². The largest absolute Gasteiger partial charge is 0.396 e. The number of thiophene rings is 1. The van der Waals surface area contributed by atoms with Gasteiger partial charge in [-0.3, -0.25) is 4.79 Å². The van der Waals surface area contributed by atoms with Gasteiger partial charge in [0.25, 0.3) is 5.91 Å². The summed E-state index contributed by atoms with van der Waals surface area (Å²) >= 11 is 1.29. The minimum atomic E-state index is -0.173. The van der Waals surface area contributed by atoms with E-state index in [-0.39, 0.29) is 30.2 Å². The minimum absolute atomic E-state index is 0.0191. The minimum Gasteiger partial charge on any atom is -0.396 e. The first-order chi connectivity index (χ1) is 17.3. The molecule has 4 unspecified atom stereocenters. The molecule has 4 atom stereocenters. The molecule has 1 amide bonds. The molecule has 5 N–H and O–H groups in total. The molecule has 10 nitrogen and oxygen atoms in total. The molecule has 0 aromatic carbocycles. The number of pyridine rings is 1. The van der Waals surface area contributed by atoms with Crippen LogP contribution in [0.2, 0.25) is 0 Å². The van der Waals surface area contributed by atoms with Crippen molar-refractivity contribution in [1.29, 1.82) is 0 Å². The summed E-state index contributed by atoms with van der Waals surface area (Å²) in [5.41, 5.74) is 16.6. The molecule has 0 bridgehead atoms. The Morgan fingerprint density at radius 3 is 2.97 bits per heavy atom. The van der Waals surface area contributed by atoms with E-state index >= 15 is 0 Å². The Kier molecular flexibility index (Phi) is 7.07. The first kappa shape index (κ1) is 24.8. The molecule has 192 valence electrons. The molecular formula is C25H33N7O3S. The standard InChI is InChI=1S/C25H33N7O3S/c1-13-9-28-22-21(27)23(36-25(22)29-13)24(33)30-16-5-6-18-15(8-16)4-7-20(31-18)32-10-17(26)19(11-32)35-12-14(2)34-3/h4,7,9,14,16-17,19H,5-6,8,10-12,26-27H2,1-3H3,(H,30,33). The Morgan fingerprint density at radius 2 is 2.17 bits per heavy atom. The number of rotatable bonds is 7. The number of anilines is 2. The SMILES string of the molecule is COC(C)COC1CN(c2ccc3c(n2)CCC(NC(=O)c2sc4nc(C)cnc4c2N)C3)CC1N. The monoisotopic (exact) mass is 511 g/mol. The zero-order valence-electron chi connectivity index (χ0n) is 20.9. The zero-order valence-corrected chi connectivity index (χ0v) is 21.7. The quantitative estimate of drug-likeness (QED) is 0.433. The van der Waals surface area contributed by atoms with Crippen LogP contribution in [0.5, 0.6) is 0 Å². The molecular weight excluding hydrogens is 478 g/mol. The van der Waals surface area contributed by atoms with Crippen LogP contribution in [0, 0.1) is 6.92 Å². The number of methoxy groups -OCH3 is 1. The third-order valence-corrected chi connectivity index (χ3v) is 8.02. The fourth-order valence-corrected chi connectivity index (χ4v) is 5.78. The lowest BCUT2D eigenvalue weighted by Crippen LogP contribution is -2.39. The number of amides is 1. The maximum Gasteiger partial charge on any atom is 0.263 e. The average Bonchev–Trinajstić information content (AvgIpc) is 3.41. The van der Waals surface area contributed by atoms with Crippen molar-refractivity contribution in [2.45, 2.75) is 57.4 Å². The fraction of sp³-hybridized carbons (Fsp3) is 0.520. The van der Waals surface area contributed by atoms with Gasteiger partial charge in [-0.25, -0.2) is 15.0 Å². The molecule has 5 rings (SSSR count). The normalized spacial score (nSPS) is 22.6.